The van der Waals surface area contributed by atoms with Crippen LogP contribution in [-0.4, -0.2) is 33.2 Å². The van der Waals surface area contributed by atoms with Crippen molar-refractivity contribution in [2.75, 3.05) is 6.54 Å². The van der Waals surface area contributed by atoms with Crippen molar-refractivity contribution in [1.82, 2.24) is 4.90 Å². The van der Waals surface area contributed by atoms with Gasteiger partial charge in [0.15, 0.2) is 0 Å². The predicted octanol–water partition coefficient (Wildman–Crippen LogP) is 4.58. The second-order valence-electron chi connectivity index (χ2n) is 7.37. The Morgan fingerprint density at radius 2 is 1.77 bits per heavy atom. The van der Waals surface area contributed by atoms with E-state index in [4.69, 9.17) is 0 Å². The van der Waals surface area contributed by atoms with E-state index in [-0.39, 0.29) is 16.8 Å². The van der Waals surface area contributed by atoms with Crippen LogP contribution in [-0.2, 0) is 9.59 Å². The summed E-state index contributed by atoms with van der Waals surface area (Å²) in [7, 11) is 0. The third-order valence-electron chi connectivity index (χ3n) is 5.45. The first-order chi connectivity index (χ1) is 14.9. The minimum Gasteiger partial charge on any atom is -0.507 e. The van der Waals surface area contributed by atoms with Gasteiger partial charge < -0.3 is 10.0 Å². The van der Waals surface area contributed by atoms with Crippen LogP contribution >= 0.6 is 0 Å². The van der Waals surface area contributed by atoms with E-state index >= 15 is 0 Å². The molecule has 31 heavy (non-hydrogen) atoms. The van der Waals surface area contributed by atoms with Gasteiger partial charge in [-0.05, 0) is 22.8 Å². The van der Waals surface area contributed by atoms with E-state index in [0.717, 1.165) is 16.3 Å². The summed E-state index contributed by atoms with van der Waals surface area (Å²) in [5.74, 6) is -1.90. The lowest BCUT2D eigenvalue weighted by Gasteiger charge is -2.26. The zero-order valence-electron chi connectivity index (χ0n) is 16.8. The summed E-state index contributed by atoms with van der Waals surface area (Å²) in [6.45, 7) is 2.24. The summed E-state index contributed by atoms with van der Waals surface area (Å²) in [5, 5.41) is 24.0. The van der Waals surface area contributed by atoms with E-state index in [1.807, 2.05) is 49.4 Å². The highest BCUT2D eigenvalue weighted by Gasteiger charge is 2.46. The normalized spacial score (nSPS) is 18.0. The molecule has 1 unspecified atom stereocenters. The van der Waals surface area contributed by atoms with E-state index in [9.17, 15) is 24.8 Å². The molecule has 1 aliphatic rings. The maximum atomic E-state index is 13.0. The van der Waals surface area contributed by atoms with E-state index in [1.54, 1.807) is 0 Å². The number of aliphatic hydroxyl groups excluding tert-OH is 1. The number of hydrogen-bond acceptors (Lipinski definition) is 5. The lowest BCUT2D eigenvalue weighted by molar-refractivity contribution is -0.384. The molecule has 0 aliphatic carbocycles. The molecule has 1 saturated heterocycles. The van der Waals surface area contributed by atoms with Crippen molar-refractivity contribution < 1.29 is 19.6 Å². The Hall–Kier alpha value is -4.00. The van der Waals surface area contributed by atoms with Crippen molar-refractivity contribution in [3.63, 3.8) is 0 Å². The van der Waals surface area contributed by atoms with Crippen LogP contribution in [0.15, 0.2) is 72.3 Å². The molecular weight excluding hydrogens is 396 g/mol. The number of nitro groups is 1. The van der Waals surface area contributed by atoms with Gasteiger partial charge in [0.1, 0.15) is 5.76 Å². The Morgan fingerprint density at radius 3 is 2.52 bits per heavy atom. The highest BCUT2D eigenvalue weighted by atomic mass is 16.6. The van der Waals surface area contributed by atoms with Gasteiger partial charge in [-0.15, -0.1) is 0 Å². The third-order valence-corrected chi connectivity index (χ3v) is 5.45. The summed E-state index contributed by atoms with van der Waals surface area (Å²) in [6.07, 6.45) is 0.630. The van der Waals surface area contributed by atoms with Gasteiger partial charge in [-0.3, -0.25) is 19.7 Å². The number of rotatable bonds is 5. The fourth-order valence-corrected chi connectivity index (χ4v) is 4.09. The zero-order valence-corrected chi connectivity index (χ0v) is 16.8. The number of Topliss-reactive ketones (excluding diaryl/α,β-unsaturated/α-hetero) is 1. The van der Waals surface area contributed by atoms with Crippen LogP contribution in [0.4, 0.5) is 5.69 Å². The zero-order chi connectivity index (χ0) is 22.1. The second kappa shape index (κ2) is 8.02. The van der Waals surface area contributed by atoms with Gasteiger partial charge in [-0.2, -0.15) is 0 Å². The van der Waals surface area contributed by atoms with Crippen molar-refractivity contribution in [3.05, 3.63) is 93.5 Å². The number of amides is 1. The van der Waals surface area contributed by atoms with Crippen molar-refractivity contribution in [1.29, 1.82) is 0 Å². The van der Waals surface area contributed by atoms with Crippen LogP contribution in [0.3, 0.4) is 0 Å². The Morgan fingerprint density at radius 1 is 1.06 bits per heavy atom. The van der Waals surface area contributed by atoms with Gasteiger partial charge in [-0.1, -0.05) is 61.5 Å². The molecule has 1 heterocycles. The predicted molar refractivity (Wildman–Crippen MR) is 116 cm³/mol. The maximum absolute atomic E-state index is 13.0. The molecule has 156 valence electrons. The number of hydrogen-bond donors (Lipinski definition) is 1. The van der Waals surface area contributed by atoms with Crippen LogP contribution in [0.1, 0.15) is 30.5 Å². The quantitative estimate of drug-likeness (QED) is 0.216. The van der Waals surface area contributed by atoms with E-state index < -0.39 is 28.4 Å². The smallest absolute Gasteiger partial charge is 0.295 e. The Kier molecular flexibility index (Phi) is 5.25. The van der Waals surface area contributed by atoms with Crippen LogP contribution in [0.2, 0.25) is 0 Å². The molecule has 7 heteroatoms. The average molecular weight is 416 g/mol. The van der Waals surface area contributed by atoms with E-state index in [0.29, 0.717) is 13.0 Å². The molecule has 3 aromatic carbocycles. The molecule has 0 radical (unpaired) electrons. The minimum atomic E-state index is -0.796. The molecule has 0 bridgehead atoms. The van der Waals surface area contributed by atoms with E-state index in [1.165, 1.54) is 29.2 Å². The van der Waals surface area contributed by atoms with Gasteiger partial charge in [0.25, 0.3) is 17.4 Å². The molecule has 0 spiro atoms. The average Bonchev–Trinajstić information content (AvgIpc) is 3.03. The number of benzene rings is 3. The third kappa shape index (κ3) is 3.44. The maximum Gasteiger partial charge on any atom is 0.295 e. The highest BCUT2D eigenvalue weighted by Crippen LogP contribution is 2.42. The van der Waals surface area contributed by atoms with Crippen molar-refractivity contribution in [2.24, 2.45) is 0 Å². The lowest BCUT2D eigenvalue weighted by atomic mass is 9.91. The highest BCUT2D eigenvalue weighted by molar-refractivity contribution is 6.46. The molecule has 3 aromatic rings. The fraction of sp³-hybridized carbons (Fsp3) is 0.167. The van der Waals surface area contributed by atoms with Crippen molar-refractivity contribution in [3.8, 4) is 0 Å². The number of non-ortho nitro benzene ring substituents is 1. The second-order valence-corrected chi connectivity index (χ2v) is 7.37. The number of carbonyl (C=O) groups is 2. The number of nitro benzene ring substituents is 1. The first-order valence-electron chi connectivity index (χ1n) is 9.95. The van der Waals surface area contributed by atoms with Gasteiger partial charge >= 0.3 is 0 Å². The SMILES string of the molecule is CCCN1C(=O)C(=O)/C(=C(\O)c2cccc([N+](=O)[O-])c2)C1c1cccc2ccccc12. The molecule has 1 amide bonds. The van der Waals surface area contributed by atoms with Crippen LogP contribution < -0.4 is 0 Å². The number of aliphatic hydroxyl groups is 1. The summed E-state index contributed by atoms with van der Waals surface area (Å²) in [4.78, 5) is 37.9. The van der Waals surface area contributed by atoms with Crippen LogP contribution in [0.5, 0.6) is 0 Å². The Bertz CT molecular complexity index is 1240. The number of carbonyl (C=O) groups excluding carboxylic acids is 2. The van der Waals surface area contributed by atoms with Crippen LogP contribution in [0, 0.1) is 10.1 Å². The molecule has 7 nitrogen and oxygen atoms in total. The topological polar surface area (TPSA) is 101 Å². The van der Waals surface area contributed by atoms with Gasteiger partial charge in [0.2, 0.25) is 0 Å². The Balaban J connectivity index is 1.97. The van der Waals surface area contributed by atoms with Crippen molar-refractivity contribution >= 4 is 33.9 Å². The molecular formula is C24H20N2O5. The van der Waals surface area contributed by atoms with Gasteiger partial charge in [0.05, 0.1) is 16.5 Å². The largest absolute Gasteiger partial charge is 0.507 e. The summed E-state index contributed by atoms with van der Waals surface area (Å²) >= 11 is 0. The van der Waals surface area contributed by atoms with Crippen molar-refractivity contribution in [2.45, 2.75) is 19.4 Å². The van der Waals surface area contributed by atoms with E-state index in [2.05, 4.69) is 0 Å². The van der Waals surface area contributed by atoms with Gasteiger partial charge in [0, 0.05) is 24.2 Å². The molecule has 0 aromatic heterocycles. The number of fused-ring (bicyclic) bond motifs is 1. The lowest BCUT2D eigenvalue weighted by Crippen LogP contribution is -2.30. The first kappa shape index (κ1) is 20.3. The Labute approximate surface area is 178 Å². The molecule has 1 aliphatic heterocycles. The summed E-state index contributed by atoms with van der Waals surface area (Å²) in [6, 6.07) is 17.9. The minimum absolute atomic E-state index is 0.0599. The van der Waals surface area contributed by atoms with Gasteiger partial charge in [-0.25, -0.2) is 0 Å². The molecule has 0 saturated carbocycles. The number of likely N-dealkylation sites (tertiary alicyclic amines) is 1. The first-order valence-corrected chi connectivity index (χ1v) is 9.95. The summed E-state index contributed by atoms with van der Waals surface area (Å²) < 4.78 is 0. The molecule has 1 fully saturated rings. The molecule has 1 N–H and O–H groups in total. The monoisotopic (exact) mass is 416 g/mol. The molecule has 1 atom stereocenters. The fourth-order valence-electron chi connectivity index (χ4n) is 4.09. The van der Waals surface area contributed by atoms with Crippen LogP contribution in [0.25, 0.3) is 16.5 Å². The number of nitrogens with zero attached hydrogens (tertiary/aromatic N) is 2. The summed E-state index contributed by atoms with van der Waals surface area (Å²) in [5.41, 5.74) is 0.565. The standard InChI is InChI=1S/C24H20N2O5/c1-2-13-25-21(19-12-6-8-15-7-3-4-11-18(15)19)20(23(28)24(25)29)22(27)16-9-5-10-17(14-16)26(30)31/h3-12,14,21,27H,2,13H2,1H3/b22-20-. The number of ketones is 1. The molecule has 4 rings (SSSR count).